The van der Waals surface area contributed by atoms with Gasteiger partial charge in [-0.3, -0.25) is 4.98 Å². The predicted octanol–water partition coefficient (Wildman–Crippen LogP) is 3.05. The van der Waals surface area contributed by atoms with E-state index in [9.17, 15) is 8.42 Å². The van der Waals surface area contributed by atoms with Crippen molar-refractivity contribution < 1.29 is 13.2 Å². The van der Waals surface area contributed by atoms with E-state index in [0.29, 0.717) is 5.75 Å². The van der Waals surface area contributed by atoms with Gasteiger partial charge in [-0.15, -0.1) is 0 Å². The van der Waals surface area contributed by atoms with Gasteiger partial charge in [0.1, 0.15) is 17.9 Å². The third-order valence-corrected chi connectivity index (χ3v) is 5.14. The van der Waals surface area contributed by atoms with Crippen LogP contribution in [-0.2, 0) is 15.8 Å². The smallest absolute Gasteiger partial charge is 0.216 e. The normalized spacial score (nSPS) is 11.0. The molecule has 1 aromatic heterocycles. The lowest BCUT2D eigenvalue weighted by Gasteiger charge is -2.05. The number of aryl methyl sites for hydroxylation is 1. The molecule has 3 rings (SSSR count). The molecule has 2 aromatic carbocycles. The topological polar surface area (TPSA) is 68.3 Å². The molecule has 6 heteroatoms. The maximum Gasteiger partial charge on any atom is 0.216 e. The van der Waals surface area contributed by atoms with Crippen LogP contribution in [0.25, 0.3) is 10.9 Å². The van der Waals surface area contributed by atoms with Crippen LogP contribution >= 0.6 is 0 Å². The van der Waals surface area contributed by atoms with Gasteiger partial charge in [0, 0.05) is 11.6 Å². The predicted molar refractivity (Wildman–Crippen MR) is 107 cm³/mol. The molecule has 5 nitrogen and oxygen atoms in total. The first-order chi connectivity index (χ1) is 13.0. The van der Waals surface area contributed by atoms with Gasteiger partial charge < -0.3 is 4.74 Å². The van der Waals surface area contributed by atoms with Crippen molar-refractivity contribution in [2.45, 2.75) is 12.7 Å². The molecule has 0 amide bonds. The minimum absolute atomic E-state index is 0.0469. The lowest BCUT2D eigenvalue weighted by Crippen LogP contribution is -2.25. The Morgan fingerprint density at radius 3 is 2.74 bits per heavy atom. The third kappa shape index (κ3) is 5.55. The van der Waals surface area contributed by atoms with Crippen molar-refractivity contribution in [3.05, 3.63) is 71.9 Å². The van der Waals surface area contributed by atoms with Gasteiger partial charge in [-0.1, -0.05) is 59.9 Å². The Morgan fingerprint density at radius 1 is 1.07 bits per heavy atom. The number of pyridine rings is 1. The fourth-order valence-corrected chi connectivity index (χ4v) is 3.65. The molecule has 0 unspecified atom stereocenters. The zero-order valence-corrected chi connectivity index (χ0v) is 15.8. The second-order valence-corrected chi connectivity index (χ2v) is 7.85. The van der Waals surface area contributed by atoms with Gasteiger partial charge >= 0.3 is 0 Å². The summed E-state index contributed by atoms with van der Waals surface area (Å²) in [5, 5.41) is 0.992. The van der Waals surface area contributed by atoms with Gasteiger partial charge in [0.25, 0.3) is 0 Å². The van der Waals surface area contributed by atoms with Crippen molar-refractivity contribution in [3.63, 3.8) is 0 Å². The quantitative estimate of drug-likeness (QED) is 0.668. The minimum atomic E-state index is -3.42. The number of fused-ring (bicyclic) bond motifs is 1. The summed E-state index contributed by atoms with van der Waals surface area (Å²) in [4.78, 5) is 4.31. The standard InChI is InChI=1S/C21H20N2O3S/c1-17-7-4-8-18(15-17)16-27(24,25)23-13-2-3-14-26-20-11-5-9-19-10-6-12-22-21(19)20/h4-12,15,23H,13-14,16H2,1H3. The van der Waals surface area contributed by atoms with Crippen LogP contribution in [0, 0.1) is 18.8 Å². The highest BCUT2D eigenvalue weighted by Gasteiger charge is 2.10. The summed E-state index contributed by atoms with van der Waals surface area (Å²) in [6, 6.07) is 17.0. The summed E-state index contributed by atoms with van der Waals surface area (Å²) in [6.07, 6.45) is 1.71. The van der Waals surface area contributed by atoms with Crippen molar-refractivity contribution in [1.82, 2.24) is 9.71 Å². The molecular formula is C21H20N2O3S. The van der Waals surface area contributed by atoms with E-state index in [2.05, 4.69) is 21.5 Å². The van der Waals surface area contributed by atoms with E-state index in [1.54, 1.807) is 12.3 Å². The number of aromatic nitrogens is 1. The van der Waals surface area contributed by atoms with Crippen LogP contribution < -0.4 is 9.46 Å². The lowest BCUT2D eigenvalue weighted by molar-refractivity contribution is 0.374. The molecule has 0 saturated carbocycles. The van der Waals surface area contributed by atoms with E-state index in [0.717, 1.165) is 22.0 Å². The highest BCUT2D eigenvalue weighted by Crippen LogP contribution is 2.22. The van der Waals surface area contributed by atoms with Crippen LogP contribution in [0.4, 0.5) is 0 Å². The zero-order valence-electron chi connectivity index (χ0n) is 15.0. The Kier molecular flexibility index (Phi) is 6.07. The van der Waals surface area contributed by atoms with E-state index >= 15 is 0 Å². The van der Waals surface area contributed by atoms with E-state index in [-0.39, 0.29) is 18.9 Å². The van der Waals surface area contributed by atoms with Gasteiger partial charge in [0.05, 0.1) is 12.3 Å². The van der Waals surface area contributed by atoms with Crippen molar-refractivity contribution >= 4 is 20.9 Å². The van der Waals surface area contributed by atoms with Gasteiger partial charge in [-0.2, -0.15) is 0 Å². The number of rotatable bonds is 6. The van der Waals surface area contributed by atoms with Crippen molar-refractivity contribution in [1.29, 1.82) is 0 Å². The molecule has 0 radical (unpaired) electrons. The summed E-state index contributed by atoms with van der Waals surface area (Å²) >= 11 is 0. The van der Waals surface area contributed by atoms with Crippen LogP contribution in [0.5, 0.6) is 5.75 Å². The summed E-state index contributed by atoms with van der Waals surface area (Å²) in [6.45, 7) is 2.14. The second-order valence-electron chi connectivity index (χ2n) is 6.04. The number of nitrogens with one attached hydrogen (secondary N) is 1. The van der Waals surface area contributed by atoms with E-state index in [1.165, 1.54) is 0 Å². The number of hydrogen-bond acceptors (Lipinski definition) is 4. The zero-order chi connectivity index (χ0) is 19.1. The Labute approximate surface area is 159 Å². The van der Waals surface area contributed by atoms with Gasteiger partial charge in [-0.25, -0.2) is 13.1 Å². The third-order valence-electron chi connectivity index (χ3n) is 3.84. The van der Waals surface area contributed by atoms with Crippen molar-refractivity contribution in [3.8, 4) is 17.6 Å². The molecule has 0 atom stereocenters. The highest BCUT2D eigenvalue weighted by atomic mass is 32.2. The van der Waals surface area contributed by atoms with E-state index < -0.39 is 10.0 Å². The van der Waals surface area contributed by atoms with E-state index in [4.69, 9.17) is 4.74 Å². The summed E-state index contributed by atoms with van der Waals surface area (Å²) in [5.41, 5.74) is 2.56. The second kappa shape index (κ2) is 8.67. The fourth-order valence-electron chi connectivity index (χ4n) is 2.64. The Balaban J connectivity index is 1.50. The number of ether oxygens (including phenoxy) is 1. The lowest BCUT2D eigenvalue weighted by atomic mass is 10.2. The first-order valence-corrected chi connectivity index (χ1v) is 10.1. The SMILES string of the molecule is Cc1cccc(CS(=O)(=O)NCC#CCOc2cccc3cccnc23)c1. The average Bonchev–Trinajstić information content (AvgIpc) is 2.64. The Morgan fingerprint density at radius 2 is 1.89 bits per heavy atom. The largest absolute Gasteiger partial charge is 0.479 e. The van der Waals surface area contributed by atoms with Crippen molar-refractivity contribution in [2.24, 2.45) is 0 Å². The molecule has 0 bridgehead atoms. The van der Waals surface area contributed by atoms with Gasteiger partial charge in [0.2, 0.25) is 10.0 Å². The van der Waals surface area contributed by atoms with Crippen LogP contribution in [-0.4, -0.2) is 26.6 Å². The number of sulfonamides is 1. The summed E-state index contributed by atoms with van der Waals surface area (Å²) in [7, 11) is -3.42. The average molecular weight is 380 g/mol. The van der Waals surface area contributed by atoms with Crippen LogP contribution in [0.3, 0.4) is 0 Å². The number of para-hydroxylation sites is 1. The maximum absolute atomic E-state index is 12.1. The molecule has 3 aromatic rings. The monoisotopic (exact) mass is 380 g/mol. The first kappa shape index (κ1) is 18.9. The molecule has 0 fully saturated rings. The summed E-state index contributed by atoms with van der Waals surface area (Å²) < 4.78 is 32.3. The molecule has 1 heterocycles. The maximum atomic E-state index is 12.1. The van der Waals surface area contributed by atoms with Gasteiger partial charge in [-0.05, 0) is 24.6 Å². The van der Waals surface area contributed by atoms with Crippen LogP contribution in [0.1, 0.15) is 11.1 Å². The molecule has 1 N–H and O–H groups in total. The minimum Gasteiger partial charge on any atom is -0.479 e. The van der Waals surface area contributed by atoms with Crippen molar-refractivity contribution in [2.75, 3.05) is 13.2 Å². The molecular weight excluding hydrogens is 360 g/mol. The van der Waals surface area contributed by atoms with Crippen LogP contribution in [0.15, 0.2) is 60.8 Å². The Bertz CT molecular complexity index is 1090. The van der Waals surface area contributed by atoms with Gasteiger partial charge in [0.15, 0.2) is 0 Å². The molecule has 0 aliphatic carbocycles. The fraction of sp³-hybridized carbons (Fsp3) is 0.190. The number of hydrogen-bond donors (Lipinski definition) is 1. The molecule has 27 heavy (non-hydrogen) atoms. The number of nitrogens with zero attached hydrogens (tertiary/aromatic N) is 1. The molecule has 0 saturated heterocycles. The molecule has 0 aliphatic heterocycles. The summed E-state index contributed by atoms with van der Waals surface area (Å²) in [5.74, 6) is 6.18. The van der Waals surface area contributed by atoms with Crippen LogP contribution in [0.2, 0.25) is 0 Å². The molecule has 138 valence electrons. The molecule has 0 aliphatic rings. The number of benzene rings is 2. The first-order valence-electron chi connectivity index (χ1n) is 8.49. The highest BCUT2D eigenvalue weighted by molar-refractivity contribution is 7.88. The Hall–Kier alpha value is -2.88. The molecule has 0 spiro atoms. The van der Waals surface area contributed by atoms with E-state index in [1.807, 2.05) is 55.5 Å².